The number of allylic oxidation sites excluding steroid dienone is 26. The van der Waals surface area contributed by atoms with E-state index < -0.39 is 6.10 Å². The molecule has 0 saturated heterocycles. The first-order valence-electron chi connectivity index (χ1n) is 33.5. The molecule has 0 saturated carbocycles. The fourth-order valence-corrected chi connectivity index (χ4v) is 8.85. The van der Waals surface area contributed by atoms with Crippen LogP contribution in [-0.4, -0.2) is 37.2 Å². The maximum absolute atomic E-state index is 12.9. The van der Waals surface area contributed by atoms with Crippen LogP contribution in [-0.2, 0) is 28.6 Å². The van der Waals surface area contributed by atoms with Crippen LogP contribution in [0.15, 0.2) is 158 Å². The lowest BCUT2D eigenvalue weighted by molar-refractivity contribution is -0.167. The van der Waals surface area contributed by atoms with Crippen molar-refractivity contribution >= 4 is 17.9 Å². The second kappa shape index (κ2) is 68.5. The number of esters is 3. The van der Waals surface area contributed by atoms with Crippen LogP contribution >= 0.6 is 0 Å². The second-order valence-corrected chi connectivity index (χ2v) is 21.6. The monoisotopic (exact) mass is 1130 g/mol. The van der Waals surface area contributed by atoms with Gasteiger partial charge in [0.1, 0.15) is 13.2 Å². The van der Waals surface area contributed by atoms with Crippen molar-refractivity contribution in [1.29, 1.82) is 0 Å². The van der Waals surface area contributed by atoms with Crippen LogP contribution in [0, 0.1) is 0 Å². The lowest BCUT2D eigenvalue weighted by Gasteiger charge is -2.18. The van der Waals surface area contributed by atoms with E-state index >= 15 is 0 Å². The van der Waals surface area contributed by atoms with Crippen LogP contribution in [0.25, 0.3) is 0 Å². The molecule has 0 aliphatic heterocycles. The van der Waals surface area contributed by atoms with Gasteiger partial charge < -0.3 is 14.2 Å². The van der Waals surface area contributed by atoms with E-state index in [9.17, 15) is 14.4 Å². The van der Waals surface area contributed by atoms with Gasteiger partial charge in [-0.2, -0.15) is 0 Å². The highest BCUT2D eigenvalue weighted by atomic mass is 16.6. The molecule has 0 heterocycles. The van der Waals surface area contributed by atoms with Crippen molar-refractivity contribution in [1.82, 2.24) is 0 Å². The molecule has 0 N–H and O–H groups in total. The SMILES string of the molecule is CC/C=C\C/C=C\C/C=C\C/C=C\C/C=C\C/C=C\C/C=C\C/C=C\C/C=C\CCCC(=O)OCC(COC(=O)CCCCCCCCCCCCCCCCCC)OC(=O)CCCCCCCC/C=C\C/C=C\C/C=C\C/C=C\CC. The molecular formula is C76H122O6. The molecule has 6 nitrogen and oxygen atoms in total. The Hall–Kier alpha value is -4.97. The Morgan fingerprint density at radius 2 is 0.488 bits per heavy atom. The number of carbonyl (C=O) groups excluding carboxylic acids is 3. The van der Waals surface area contributed by atoms with Gasteiger partial charge in [0.15, 0.2) is 6.10 Å². The first-order chi connectivity index (χ1) is 40.5. The minimum atomic E-state index is -0.817. The first kappa shape index (κ1) is 77.0. The number of ether oxygens (including phenoxy) is 3. The Balaban J connectivity index is 4.50. The van der Waals surface area contributed by atoms with Gasteiger partial charge in [-0.15, -0.1) is 0 Å². The standard InChI is InChI=1S/C76H122O6/c1-4-7-10-13-16-19-22-25-28-31-33-34-35-36-37-38-39-40-41-42-44-45-48-51-54-57-60-63-66-69-75(78)81-72-73(71-80-74(77)68-65-62-59-56-53-50-47-30-27-24-21-18-15-12-9-6-3)82-76(79)70-67-64-61-58-55-52-49-46-43-32-29-26-23-20-17-14-11-8-5-2/h7-8,10-11,16-17,19-20,25-26,28-29,33-34,36-37,39-40,42-44,46,48,51,57,60,73H,4-6,9,12-15,18,21-24,27,30-32,35,38,41,45,47,49-50,52-56,58-59,61-72H2,1-3H3/b10-7-,11-8-,19-16-,20-17-,28-25-,29-26-,34-33-,37-36-,40-39-,44-42-,46-43-,51-48-,60-57-. The molecule has 0 aromatic heterocycles. The van der Waals surface area contributed by atoms with E-state index in [-0.39, 0.29) is 37.5 Å². The molecule has 462 valence electrons. The lowest BCUT2D eigenvalue weighted by atomic mass is 10.0. The van der Waals surface area contributed by atoms with Gasteiger partial charge in [0.2, 0.25) is 0 Å². The average molecular weight is 1130 g/mol. The van der Waals surface area contributed by atoms with Gasteiger partial charge >= 0.3 is 17.9 Å². The fraction of sp³-hybridized carbons (Fsp3) is 0.618. The number of carbonyl (C=O) groups is 3. The Morgan fingerprint density at radius 1 is 0.256 bits per heavy atom. The number of unbranched alkanes of at least 4 members (excludes halogenated alkanes) is 22. The first-order valence-corrected chi connectivity index (χ1v) is 33.5. The molecule has 0 bridgehead atoms. The minimum Gasteiger partial charge on any atom is -0.462 e. The van der Waals surface area contributed by atoms with E-state index in [1.165, 1.54) is 96.3 Å². The van der Waals surface area contributed by atoms with E-state index in [1.807, 2.05) is 0 Å². The minimum absolute atomic E-state index is 0.106. The smallest absolute Gasteiger partial charge is 0.306 e. The van der Waals surface area contributed by atoms with Crippen LogP contribution in [0.2, 0.25) is 0 Å². The van der Waals surface area contributed by atoms with Crippen molar-refractivity contribution in [3.8, 4) is 0 Å². The summed E-state index contributed by atoms with van der Waals surface area (Å²) in [5.41, 5.74) is 0. The zero-order chi connectivity index (χ0) is 59.2. The van der Waals surface area contributed by atoms with Crippen LogP contribution in [0.3, 0.4) is 0 Å². The van der Waals surface area contributed by atoms with Crippen molar-refractivity contribution in [3.05, 3.63) is 158 Å². The lowest BCUT2D eigenvalue weighted by Crippen LogP contribution is -2.30. The highest BCUT2D eigenvalue weighted by molar-refractivity contribution is 5.71. The third kappa shape index (κ3) is 65.8. The van der Waals surface area contributed by atoms with Crippen molar-refractivity contribution in [2.45, 2.75) is 290 Å². The van der Waals surface area contributed by atoms with E-state index in [1.54, 1.807) is 0 Å². The number of hydrogen-bond acceptors (Lipinski definition) is 6. The molecule has 0 aromatic rings. The van der Waals surface area contributed by atoms with E-state index in [0.29, 0.717) is 19.3 Å². The van der Waals surface area contributed by atoms with Gasteiger partial charge in [-0.1, -0.05) is 301 Å². The Kier molecular flexibility index (Phi) is 64.4. The summed E-state index contributed by atoms with van der Waals surface area (Å²) in [5.74, 6) is -0.980. The van der Waals surface area contributed by atoms with Gasteiger partial charge in [-0.05, 0) is 122 Å². The van der Waals surface area contributed by atoms with E-state index in [0.717, 1.165) is 141 Å². The van der Waals surface area contributed by atoms with E-state index in [2.05, 4.69) is 179 Å². The maximum Gasteiger partial charge on any atom is 0.306 e. The van der Waals surface area contributed by atoms with Crippen molar-refractivity contribution in [3.63, 3.8) is 0 Å². The van der Waals surface area contributed by atoms with Gasteiger partial charge in [0.05, 0.1) is 0 Å². The predicted octanol–water partition coefficient (Wildman–Crippen LogP) is 23.3. The van der Waals surface area contributed by atoms with Gasteiger partial charge in [0.25, 0.3) is 0 Å². The molecule has 82 heavy (non-hydrogen) atoms. The molecule has 1 unspecified atom stereocenters. The normalized spacial score (nSPS) is 13.2. The zero-order valence-corrected chi connectivity index (χ0v) is 52.9. The largest absolute Gasteiger partial charge is 0.462 e. The molecule has 1 atom stereocenters. The Labute approximate surface area is 505 Å². The highest BCUT2D eigenvalue weighted by Crippen LogP contribution is 2.16. The average Bonchev–Trinajstić information content (AvgIpc) is 3.47. The zero-order valence-electron chi connectivity index (χ0n) is 52.9. The summed E-state index contributed by atoms with van der Waals surface area (Å²) in [6.45, 7) is 6.37. The molecule has 0 aliphatic carbocycles. The predicted molar refractivity (Wildman–Crippen MR) is 357 cm³/mol. The topological polar surface area (TPSA) is 78.9 Å². The van der Waals surface area contributed by atoms with Crippen molar-refractivity contribution in [2.24, 2.45) is 0 Å². The molecule has 0 amide bonds. The molecule has 0 aromatic carbocycles. The van der Waals surface area contributed by atoms with Crippen molar-refractivity contribution < 1.29 is 28.6 Å². The van der Waals surface area contributed by atoms with Crippen LogP contribution in [0.5, 0.6) is 0 Å². The fourth-order valence-electron chi connectivity index (χ4n) is 8.85. The maximum atomic E-state index is 12.9. The summed E-state index contributed by atoms with van der Waals surface area (Å²) in [7, 11) is 0. The van der Waals surface area contributed by atoms with Crippen LogP contribution in [0.1, 0.15) is 284 Å². The van der Waals surface area contributed by atoms with Gasteiger partial charge in [0, 0.05) is 19.3 Å². The quantitative estimate of drug-likeness (QED) is 0.0261. The Morgan fingerprint density at radius 3 is 0.793 bits per heavy atom. The van der Waals surface area contributed by atoms with Crippen molar-refractivity contribution in [2.75, 3.05) is 13.2 Å². The molecule has 0 fully saturated rings. The third-order valence-corrected chi connectivity index (χ3v) is 13.8. The molecule has 0 spiro atoms. The van der Waals surface area contributed by atoms with Crippen LogP contribution in [0.4, 0.5) is 0 Å². The summed E-state index contributed by atoms with van der Waals surface area (Å²) in [6.07, 6.45) is 99.7. The van der Waals surface area contributed by atoms with Gasteiger partial charge in [-0.3, -0.25) is 14.4 Å². The third-order valence-electron chi connectivity index (χ3n) is 13.8. The number of rotatable bonds is 59. The second-order valence-electron chi connectivity index (χ2n) is 21.6. The van der Waals surface area contributed by atoms with E-state index in [4.69, 9.17) is 14.2 Å². The molecule has 6 heteroatoms. The molecule has 0 rings (SSSR count). The molecular weight excluding hydrogens is 1010 g/mol. The summed E-state index contributed by atoms with van der Waals surface area (Å²) < 4.78 is 16.9. The summed E-state index contributed by atoms with van der Waals surface area (Å²) >= 11 is 0. The highest BCUT2D eigenvalue weighted by Gasteiger charge is 2.19. The summed E-state index contributed by atoms with van der Waals surface area (Å²) in [5, 5.41) is 0. The number of hydrogen-bond donors (Lipinski definition) is 0. The van der Waals surface area contributed by atoms with Gasteiger partial charge in [-0.25, -0.2) is 0 Å². The van der Waals surface area contributed by atoms with Crippen LogP contribution < -0.4 is 0 Å². The summed E-state index contributed by atoms with van der Waals surface area (Å²) in [4.78, 5) is 38.4. The molecule has 0 radical (unpaired) electrons. The molecule has 0 aliphatic rings. The summed E-state index contributed by atoms with van der Waals surface area (Å²) in [6, 6.07) is 0. The Bertz CT molecular complexity index is 1830.